The van der Waals surface area contributed by atoms with Gasteiger partial charge in [-0.1, -0.05) is 76.4 Å². The maximum absolute atomic E-state index is 11.8. The Morgan fingerprint density at radius 1 is 0.957 bits per heavy atom. The van der Waals surface area contributed by atoms with Gasteiger partial charge >= 0.3 is 5.97 Å². The summed E-state index contributed by atoms with van der Waals surface area (Å²) in [7, 11) is 0. The van der Waals surface area contributed by atoms with Crippen molar-refractivity contribution < 1.29 is 9.53 Å². The van der Waals surface area contributed by atoms with Crippen LogP contribution in [0.1, 0.15) is 64.9 Å². The summed E-state index contributed by atoms with van der Waals surface area (Å²) in [6.45, 7) is 6.95. The van der Waals surface area contributed by atoms with Crippen LogP contribution in [0.25, 0.3) is 5.57 Å². The maximum Gasteiger partial charge on any atom is 0.330 e. The van der Waals surface area contributed by atoms with Gasteiger partial charge in [0.1, 0.15) is 0 Å². The third kappa shape index (κ3) is 7.32. The Labute approximate surface area is 141 Å². The Bertz CT molecular complexity index is 512. The van der Waals surface area contributed by atoms with E-state index >= 15 is 0 Å². The largest absolute Gasteiger partial charge is 0.463 e. The number of hydrogen-bond donors (Lipinski definition) is 0. The molecule has 1 aromatic rings. The van der Waals surface area contributed by atoms with Crippen LogP contribution in [0, 0.1) is 0 Å². The highest BCUT2D eigenvalue weighted by Crippen LogP contribution is 2.27. The highest BCUT2D eigenvalue weighted by molar-refractivity contribution is 5.83. The fourth-order valence-electron chi connectivity index (χ4n) is 2.52. The van der Waals surface area contributed by atoms with Crippen LogP contribution in [0.15, 0.2) is 48.1 Å². The van der Waals surface area contributed by atoms with Crippen molar-refractivity contribution in [3.63, 3.8) is 0 Å². The van der Waals surface area contributed by atoms with E-state index in [1.165, 1.54) is 16.7 Å². The van der Waals surface area contributed by atoms with Crippen molar-refractivity contribution in [2.45, 2.75) is 59.3 Å². The van der Waals surface area contributed by atoms with E-state index in [9.17, 15) is 4.79 Å². The summed E-state index contributed by atoms with van der Waals surface area (Å²) < 4.78 is 5.21. The molecular weight excluding hydrogens is 284 g/mol. The first-order valence-corrected chi connectivity index (χ1v) is 8.85. The molecule has 2 nitrogen and oxygen atoms in total. The average molecular weight is 314 g/mol. The van der Waals surface area contributed by atoms with Gasteiger partial charge in [-0.05, 0) is 36.0 Å². The van der Waals surface area contributed by atoms with Gasteiger partial charge in [-0.3, -0.25) is 0 Å². The number of hydrogen-bond acceptors (Lipinski definition) is 2. The van der Waals surface area contributed by atoms with Gasteiger partial charge in [0.05, 0.1) is 6.61 Å². The van der Waals surface area contributed by atoms with Crippen molar-refractivity contribution in [2.24, 2.45) is 0 Å². The topological polar surface area (TPSA) is 26.3 Å². The minimum atomic E-state index is -0.240. The van der Waals surface area contributed by atoms with Gasteiger partial charge in [0.15, 0.2) is 0 Å². The van der Waals surface area contributed by atoms with Crippen LogP contribution in [0.4, 0.5) is 0 Å². The Hall–Kier alpha value is -1.83. The molecule has 0 aliphatic rings. The molecule has 0 N–H and O–H groups in total. The van der Waals surface area contributed by atoms with Crippen LogP contribution >= 0.6 is 0 Å². The molecule has 1 aromatic carbocycles. The minimum absolute atomic E-state index is 0.240. The lowest BCUT2D eigenvalue weighted by Gasteiger charge is -2.12. The molecule has 0 unspecified atom stereocenters. The van der Waals surface area contributed by atoms with Crippen LogP contribution in [0.5, 0.6) is 0 Å². The third-order valence-electron chi connectivity index (χ3n) is 3.69. The summed E-state index contributed by atoms with van der Waals surface area (Å²) in [6.07, 6.45) is 9.64. The van der Waals surface area contributed by atoms with E-state index in [4.69, 9.17) is 4.74 Å². The molecule has 0 atom stereocenters. The number of unbranched alkanes of at least 4 members (excludes halogenated alkanes) is 1. The quantitative estimate of drug-likeness (QED) is 0.231. The van der Waals surface area contributed by atoms with E-state index in [-0.39, 0.29) is 5.97 Å². The molecule has 23 heavy (non-hydrogen) atoms. The summed E-state index contributed by atoms with van der Waals surface area (Å²) in [4.78, 5) is 11.8. The Morgan fingerprint density at radius 3 is 2.26 bits per heavy atom. The highest BCUT2D eigenvalue weighted by Gasteiger charge is 2.07. The predicted octanol–water partition coefficient (Wildman–Crippen LogP) is 5.94. The van der Waals surface area contributed by atoms with E-state index in [1.807, 2.05) is 12.1 Å². The van der Waals surface area contributed by atoms with Gasteiger partial charge in [0.25, 0.3) is 0 Å². The molecule has 0 saturated carbocycles. The maximum atomic E-state index is 11.8. The lowest BCUT2D eigenvalue weighted by molar-refractivity contribution is -0.137. The first-order chi connectivity index (χ1) is 11.2. The zero-order valence-electron chi connectivity index (χ0n) is 14.8. The third-order valence-corrected chi connectivity index (χ3v) is 3.69. The van der Waals surface area contributed by atoms with Crippen molar-refractivity contribution in [1.82, 2.24) is 0 Å². The molecule has 1 rings (SSSR count). The fraction of sp³-hybridized carbons (Fsp3) is 0.476. The summed E-state index contributed by atoms with van der Waals surface area (Å²) in [5, 5.41) is 0. The van der Waals surface area contributed by atoms with Gasteiger partial charge in [-0.2, -0.15) is 0 Å². The summed E-state index contributed by atoms with van der Waals surface area (Å²) in [5.74, 6) is -0.240. The molecule has 0 aliphatic carbocycles. The minimum Gasteiger partial charge on any atom is -0.463 e. The Morgan fingerprint density at radius 2 is 1.65 bits per heavy atom. The van der Waals surface area contributed by atoms with Gasteiger partial charge in [-0.15, -0.1) is 0 Å². The van der Waals surface area contributed by atoms with Crippen LogP contribution < -0.4 is 0 Å². The van der Waals surface area contributed by atoms with Crippen molar-refractivity contribution in [1.29, 1.82) is 0 Å². The first-order valence-electron chi connectivity index (χ1n) is 8.85. The average Bonchev–Trinajstić information content (AvgIpc) is 2.58. The second-order valence-electron chi connectivity index (χ2n) is 5.72. The van der Waals surface area contributed by atoms with E-state index in [1.54, 1.807) is 6.08 Å². The number of carbonyl (C=O) groups excluding carboxylic acids is 1. The summed E-state index contributed by atoms with van der Waals surface area (Å²) >= 11 is 0. The number of carbonyl (C=O) groups is 1. The molecule has 0 radical (unpaired) electrons. The molecule has 0 saturated heterocycles. The second-order valence-corrected chi connectivity index (χ2v) is 5.72. The standard InChI is InChI=1S/C21H30O2/c1-4-7-17-23-21(22)16-15-18(11-5-2)20(12-6-3)19-13-9-8-10-14-19/h8-10,13-16H,4-7,11-12,17H2,1-3H3/b16-15+,20-18-. The molecule has 0 spiro atoms. The van der Waals surface area contributed by atoms with Crippen LogP contribution in [-0.2, 0) is 9.53 Å². The van der Waals surface area contributed by atoms with Crippen molar-refractivity contribution in [3.05, 3.63) is 53.6 Å². The number of esters is 1. The highest BCUT2D eigenvalue weighted by atomic mass is 16.5. The van der Waals surface area contributed by atoms with Crippen molar-refractivity contribution >= 4 is 11.5 Å². The lowest BCUT2D eigenvalue weighted by Crippen LogP contribution is -2.02. The van der Waals surface area contributed by atoms with Gasteiger partial charge in [0.2, 0.25) is 0 Å². The number of allylic oxidation sites excluding steroid dienone is 3. The molecule has 0 aliphatic heterocycles. The van der Waals surface area contributed by atoms with Crippen LogP contribution in [0.3, 0.4) is 0 Å². The van der Waals surface area contributed by atoms with Crippen LogP contribution in [-0.4, -0.2) is 12.6 Å². The van der Waals surface area contributed by atoms with E-state index in [0.717, 1.165) is 38.5 Å². The monoisotopic (exact) mass is 314 g/mol. The van der Waals surface area contributed by atoms with E-state index < -0.39 is 0 Å². The van der Waals surface area contributed by atoms with Crippen molar-refractivity contribution in [2.75, 3.05) is 6.61 Å². The molecule has 0 heterocycles. The van der Waals surface area contributed by atoms with Gasteiger partial charge in [0, 0.05) is 6.08 Å². The SMILES string of the molecule is CCCCOC(=O)/C=C/C(CCC)=C(/CCC)c1ccccc1. The lowest BCUT2D eigenvalue weighted by atomic mass is 9.93. The molecule has 0 bridgehead atoms. The molecule has 0 amide bonds. The van der Waals surface area contributed by atoms with Crippen LogP contribution in [0.2, 0.25) is 0 Å². The molecule has 2 heteroatoms. The zero-order chi connectivity index (χ0) is 16.9. The summed E-state index contributed by atoms with van der Waals surface area (Å²) in [5.41, 5.74) is 3.84. The zero-order valence-corrected chi connectivity index (χ0v) is 14.8. The number of benzene rings is 1. The normalized spacial score (nSPS) is 12.3. The Kier molecular flexibility index (Phi) is 9.78. The molecule has 126 valence electrons. The molecule has 0 aromatic heterocycles. The Balaban J connectivity index is 2.97. The van der Waals surface area contributed by atoms with E-state index in [2.05, 4.69) is 45.0 Å². The van der Waals surface area contributed by atoms with E-state index in [0.29, 0.717) is 6.61 Å². The number of ether oxygens (including phenoxy) is 1. The smallest absolute Gasteiger partial charge is 0.330 e. The van der Waals surface area contributed by atoms with Gasteiger partial charge < -0.3 is 4.74 Å². The van der Waals surface area contributed by atoms with Crippen molar-refractivity contribution in [3.8, 4) is 0 Å². The predicted molar refractivity (Wildman–Crippen MR) is 98.2 cm³/mol. The molecular formula is C21H30O2. The first kappa shape index (κ1) is 19.2. The summed E-state index contributed by atoms with van der Waals surface area (Å²) in [6, 6.07) is 10.5. The number of rotatable bonds is 10. The van der Waals surface area contributed by atoms with Gasteiger partial charge in [-0.25, -0.2) is 4.79 Å². The second kappa shape index (κ2) is 11.7. The fourth-order valence-corrected chi connectivity index (χ4v) is 2.52. The molecule has 0 fully saturated rings.